The second-order valence-corrected chi connectivity index (χ2v) is 7.79. The molecule has 2 aliphatic heterocycles. The number of hydrogen-bond donors (Lipinski definition) is 2. The highest BCUT2D eigenvalue weighted by atomic mass is 35.5. The van der Waals surface area contributed by atoms with E-state index in [2.05, 4.69) is 23.2 Å². The Hall–Kier alpha value is -2.44. The third-order valence-electron chi connectivity index (χ3n) is 5.56. The predicted molar refractivity (Wildman–Crippen MR) is 110 cm³/mol. The number of rotatable bonds is 4. The summed E-state index contributed by atoms with van der Waals surface area (Å²) >= 11 is 6.17. The highest BCUT2D eigenvalue weighted by Gasteiger charge is 2.30. The van der Waals surface area contributed by atoms with Crippen LogP contribution in [0.15, 0.2) is 36.4 Å². The van der Waals surface area contributed by atoms with Crippen LogP contribution in [-0.4, -0.2) is 44.9 Å². The van der Waals surface area contributed by atoms with E-state index in [0.717, 1.165) is 36.9 Å². The van der Waals surface area contributed by atoms with Gasteiger partial charge in [0.1, 0.15) is 0 Å². The Morgan fingerprint density at radius 1 is 1.14 bits per heavy atom. The molecule has 7 heteroatoms. The molecule has 0 bridgehead atoms. The maximum absolute atomic E-state index is 12.7. The average molecular weight is 403 g/mol. The minimum Gasteiger partial charge on any atom is -0.454 e. The molecular weight excluding hydrogens is 378 g/mol. The summed E-state index contributed by atoms with van der Waals surface area (Å²) in [5.41, 5.74) is 3.14. The molecule has 0 unspecified atom stereocenters. The fourth-order valence-electron chi connectivity index (χ4n) is 3.80. The molecule has 6 nitrogen and oxygen atoms in total. The second-order valence-electron chi connectivity index (χ2n) is 7.36. The van der Waals surface area contributed by atoms with E-state index in [1.807, 2.05) is 37.3 Å². The first-order valence-corrected chi connectivity index (χ1v) is 9.95. The zero-order valence-electron chi connectivity index (χ0n) is 16.1. The second kappa shape index (κ2) is 7.89. The number of nitrogens with zero attached hydrogens (tertiary/aromatic N) is 1. The summed E-state index contributed by atoms with van der Waals surface area (Å²) in [5.74, 6) is 1.40. The SMILES string of the molecule is Cc1ccc(Cl)cc1N1CC[NH+]([C@H](C)C(=O)Nc2ccc3c(c2)OCO3)CC1. The van der Waals surface area contributed by atoms with E-state index < -0.39 is 0 Å². The molecule has 148 valence electrons. The smallest absolute Gasteiger partial charge is 0.282 e. The summed E-state index contributed by atoms with van der Waals surface area (Å²) in [5, 5.41) is 3.76. The zero-order valence-corrected chi connectivity index (χ0v) is 16.9. The number of carbonyl (C=O) groups is 1. The Labute approximate surface area is 170 Å². The van der Waals surface area contributed by atoms with Crippen LogP contribution in [0.1, 0.15) is 12.5 Å². The Kier molecular flexibility index (Phi) is 5.33. The van der Waals surface area contributed by atoms with Crippen molar-refractivity contribution in [3.05, 3.63) is 47.0 Å². The van der Waals surface area contributed by atoms with Crippen molar-refractivity contribution in [2.75, 3.05) is 43.2 Å². The maximum Gasteiger partial charge on any atom is 0.282 e. The molecule has 0 radical (unpaired) electrons. The van der Waals surface area contributed by atoms with Crippen molar-refractivity contribution in [1.82, 2.24) is 0 Å². The standard InChI is InChI=1S/C21H24ClN3O3/c1-14-3-4-16(22)11-18(14)25-9-7-24(8-10-25)15(2)21(26)23-17-5-6-19-20(12-17)28-13-27-19/h3-6,11-12,15H,7-10,13H2,1-2H3,(H,23,26)/p+1/t15-/m1/s1. The number of carbonyl (C=O) groups excluding carboxylic acids is 1. The summed E-state index contributed by atoms with van der Waals surface area (Å²) < 4.78 is 10.7. The number of nitrogens with one attached hydrogen (secondary N) is 2. The summed E-state index contributed by atoms with van der Waals surface area (Å²) in [4.78, 5) is 16.4. The van der Waals surface area contributed by atoms with Crippen LogP contribution in [0.25, 0.3) is 0 Å². The van der Waals surface area contributed by atoms with Crippen molar-refractivity contribution in [1.29, 1.82) is 0 Å². The first-order chi connectivity index (χ1) is 13.5. The zero-order chi connectivity index (χ0) is 19.7. The van der Waals surface area contributed by atoms with Gasteiger partial charge in [0.2, 0.25) is 6.79 Å². The number of amides is 1. The van der Waals surface area contributed by atoms with Crippen LogP contribution in [0.3, 0.4) is 0 Å². The molecule has 0 aliphatic carbocycles. The lowest BCUT2D eigenvalue weighted by Gasteiger charge is -2.36. The van der Waals surface area contributed by atoms with E-state index in [1.165, 1.54) is 16.2 Å². The molecule has 0 aromatic heterocycles. The number of benzene rings is 2. The van der Waals surface area contributed by atoms with Gasteiger partial charge in [0.25, 0.3) is 5.91 Å². The van der Waals surface area contributed by atoms with Crippen molar-refractivity contribution in [2.45, 2.75) is 19.9 Å². The maximum atomic E-state index is 12.7. The number of ether oxygens (including phenoxy) is 2. The molecule has 1 fully saturated rings. The van der Waals surface area contributed by atoms with Gasteiger partial charge in [0.15, 0.2) is 17.5 Å². The summed E-state index contributed by atoms with van der Waals surface area (Å²) in [6.07, 6.45) is 0. The van der Waals surface area contributed by atoms with Crippen LogP contribution >= 0.6 is 11.6 Å². The molecule has 1 atom stereocenters. The van der Waals surface area contributed by atoms with E-state index >= 15 is 0 Å². The summed E-state index contributed by atoms with van der Waals surface area (Å²) in [6, 6.07) is 11.3. The van der Waals surface area contributed by atoms with Crippen molar-refractivity contribution >= 4 is 28.9 Å². The minimum absolute atomic E-state index is 0.0150. The van der Waals surface area contributed by atoms with Gasteiger partial charge < -0.3 is 24.6 Å². The fourth-order valence-corrected chi connectivity index (χ4v) is 3.97. The number of quaternary nitrogens is 1. The first kappa shape index (κ1) is 18.9. The largest absolute Gasteiger partial charge is 0.454 e. The lowest BCUT2D eigenvalue weighted by molar-refractivity contribution is -0.914. The van der Waals surface area contributed by atoms with Crippen molar-refractivity contribution in [2.24, 2.45) is 0 Å². The Bertz CT molecular complexity index is 881. The van der Waals surface area contributed by atoms with E-state index in [-0.39, 0.29) is 18.7 Å². The van der Waals surface area contributed by atoms with Gasteiger partial charge in [0, 0.05) is 22.5 Å². The molecule has 1 saturated heterocycles. The molecular formula is C21H25ClN3O3+. The normalized spacial score (nSPS) is 17.5. The van der Waals surface area contributed by atoms with Crippen LogP contribution in [0.4, 0.5) is 11.4 Å². The molecule has 2 aliphatic rings. The van der Waals surface area contributed by atoms with Gasteiger partial charge in [-0.15, -0.1) is 0 Å². The lowest BCUT2D eigenvalue weighted by atomic mass is 10.1. The van der Waals surface area contributed by atoms with Crippen molar-refractivity contribution in [3.8, 4) is 11.5 Å². The first-order valence-electron chi connectivity index (χ1n) is 9.57. The van der Waals surface area contributed by atoms with Crippen molar-refractivity contribution in [3.63, 3.8) is 0 Å². The third-order valence-corrected chi connectivity index (χ3v) is 5.80. The van der Waals surface area contributed by atoms with E-state index in [4.69, 9.17) is 21.1 Å². The average Bonchev–Trinajstić information content (AvgIpc) is 3.17. The monoisotopic (exact) mass is 402 g/mol. The number of aryl methyl sites for hydroxylation is 1. The van der Waals surface area contributed by atoms with E-state index in [0.29, 0.717) is 11.5 Å². The minimum atomic E-state index is -0.131. The molecule has 2 aromatic carbocycles. The molecule has 4 rings (SSSR count). The van der Waals surface area contributed by atoms with E-state index in [9.17, 15) is 4.79 Å². The van der Waals surface area contributed by atoms with E-state index in [1.54, 1.807) is 0 Å². The van der Waals surface area contributed by atoms with Crippen LogP contribution in [0, 0.1) is 6.92 Å². The van der Waals surface area contributed by atoms with Crippen LogP contribution < -0.4 is 24.6 Å². The highest BCUT2D eigenvalue weighted by Crippen LogP contribution is 2.34. The number of hydrogen-bond acceptors (Lipinski definition) is 4. The number of piperazine rings is 1. The molecule has 0 spiro atoms. The Morgan fingerprint density at radius 2 is 1.89 bits per heavy atom. The topological polar surface area (TPSA) is 55.2 Å². The quantitative estimate of drug-likeness (QED) is 0.822. The number of halogens is 1. The van der Waals surface area contributed by atoms with Crippen LogP contribution in [0.2, 0.25) is 5.02 Å². The molecule has 1 amide bonds. The Balaban J connectivity index is 1.35. The van der Waals surface area contributed by atoms with Gasteiger partial charge in [-0.3, -0.25) is 4.79 Å². The number of fused-ring (bicyclic) bond motifs is 1. The number of anilines is 2. The summed E-state index contributed by atoms with van der Waals surface area (Å²) in [6.45, 7) is 7.92. The molecule has 2 aromatic rings. The highest BCUT2D eigenvalue weighted by molar-refractivity contribution is 6.30. The van der Waals surface area contributed by atoms with Crippen LogP contribution in [0.5, 0.6) is 11.5 Å². The Morgan fingerprint density at radius 3 is 2.68 bits per heavy atom. The molecule has 0 saturated carbocycles. The van der Waals surface area contributed by atoms with Crippen LogP contribution in [-0.2, 0) is 4.79 Å². The fraction of sp³-hybridized carbons (Fsp3) is 0.381. The van der Waals surface area contributed by atoms with Gasteiger partial charge in [0.05, 0.1) is 26.2 Å². The third kappa shape index (κ3) is 3.88. The molecule has 28 heavy (non-hydrogen) atoms. The molecule has 2 N–H and O–H groups in total. The molecule has 2 heterocycles. The van der Waals surface area contributed by atoms with Gasteiger partial charge in [-0.2, -0.15) is 0 Å². The predicted octanol–water partition coefficient (Wildman–Crippen LogP) is 2.11. The van der Waals surface area contributed by atoms with Gasteiger partial charge in [-0.25, -0.2) is 0 Å². The van der Waals surface area contributed by atoms with Gasteiger partial charge in [-0.05, 0) is 43.7 Å². The lowest BCUT2D eigenvalue weighted by Crippen LogP contribution is -3.19. The van der Waals surface area contributed by atoms with Gasteiger partial charge in [-0.1, -0.05) is 17.7 Å². The van der Waals surface area contributed by atoms with Gasteiger partial charge >= 0.3 is 0 Å². The summed E-state index contributed by atoms with van der Waals surface area (Å²) in [7, 11) is 0. The van der Waals surface area contributed by atoms with Crippen molar-refractivity contribution < 1.29 is 19.2 Å².